The fourth-order valence-corrected chi connectivity index (χ4v) is 2.94. The van der Waals surface area contributed by atoms with E-state index in [1.807, 2.05) is 0 Å². The normalized spacial score (nSPS) is 19.5. The van der Waals surface area contributed by atoms with Crippen LogP contribution in [0.5, 0.6) is 0 Å². The smallest absolute Gasteiger partial charge is 0.0795 e. The lowest BCUT2D eigenvalue weighted by molar-refractivity contribution is 0.293. The Morgan fingerprint density at radius 2 is 1.13 bits per heavy atom. The molecular weight excluding hydrogens is 280 g/mol. The Morgan fingerprint density at radius 3 is 1.87 bits per heavy atom. The van der Waals surface area contributed by atoms with Gasteiger partial charge in [-0.2, -0.15) is 0 Å². The molecule has 2 heteroatoms. The second-order valence-electron chi connectivity index (χ2n) is 6.02. The average molecular weight is 300 g/mol. The van der Waals surface area contributed by atoms with Gasteiger partial charge in [-0.05, 0) is 28.3 Å². The number of benzene rings is 3. The highest BCUT2D eigenvalue weighted by molar-refractivity contribution is 5.63. The molecule has 0 spiro atoms. The van der Waals surface area contributed by atoms with Crippen LogP contribution in [0.15, 0.2) is 84.9 Å². The topological polar surface area (TPSA) is 6.02 Å². The lowest BCUT2D eigenvalue weighted by Crippen LogP contribution is -2.07. The van der Waals surface area contributed by atoms with Gasteiger partial charge in [0.15, 0.2) is 0 Å². The Hall–Kier alpha value is -2.42. The van der Waals surface area contributed by atoms with Crippen LogP contribution < -0.4 is 0 Å². The molecule has 0 bridgehead atoms. The molecule has 23 heavy (non-hydrogen) atoms. The SMILES string of the molecule is c1ccc(CN2CN2Cc2cccc(-c3ccccc3)c2)cc1. The zero-order valence-electron chi connectivity index (χ0n) is 13.1. The van der Waals surface area contributed by atoms with E-state index in [-0.39, 0.29) is 0 Å². The molecule has 3 aromatic carbocycles. The van der Waals surface area contributed by atoms with Crippen LogP contribution in [-0.2, 0) is 13.1 Å². The third-order valence-electron chi connectivity index (χ3n) is 4.25. The maximum Gasteiger partial charge on any atom is 0.0795 e. The summed E-state index contributed by atoms with van der Waals surface area (Å²) in [6.07, 6.45) is 0. The largest absolute Gasteiger partial charge is 0.220 e. The van der Waals surface area contributed by atoms with Gasteiger partial charge in [0.1, 0.15) is 0 Å². The minimum atomic E-state index is 0.980. The molecule has 1 saturated heterocycles. The molecule has 1 heterocycles. The summed E-state index contributed by atoms with van der Waals surface area (Å²) in [4.78, 5) is 0. The zero-order valence-corrected chi connectivity index (χ0v) is 13.1. The van der Waals surface area contributed by atoms with Gasteiger partial charge in [-0.1, -0.05) is 78.9 Å². The monoisotopic (exact) mass is 300 g/mol. The first kappa shape index (κ1) is 14.2. The van der Waals surface area contributed by atoms with Gasteiger partial charge in [-0.3, -0.25) is 0 Å². The van der Waals surface area contributed by atoms with E-state index in [4.69, 9.17) is 0 Å². The molecule has 2 nitrogen and oxygen atoms in total. The van der Waals surface area contributed by atoms with Gasteiger partial charge in [0, 0.05) is 13.1 Å². The van der Waals surface area contributed by atoms with E-state index in [0.717, 1.165) is 19.8 Å². The van der Waals surface area contributed by atoms with Crippen molar-refractivity contribution in [1.82, 2.24) is 10.0 Å². The highest BCUT2D eigenvalue weighted by Gasteiger charge is 2.30. The highest BCUT2D eigenvalue weighted by Crippen LogP contribution is 2.25. The third kappa shape index (κ3) is 3.50. The van der Waals surface area contributed by atoms with Crippen molar-refractivity contribution < 1.29 is 0 Å². The van der Waals surface area contributed by atoms with E-state index in [0.29, 0.717) is 0 Å². The van der Waals surface area contributed by atoms with Crippen LogP contribution >= 0.6 is 0 Å². The summed E-state index contributed by atoms with van der Waals surface area (Å²) in [6, 6.07) is 30.1. The maximum atomic E-state index is 2.39. The number of hydrogen-bond acceptors (Lipinski definition) is 2. The van der Waals surface area contributed by atoms with Crippen LogP contribution in [0.2, 0.25) is 0 Å². The summed E-state index contributed by atoms with van der Waals surface area (Å²) in [5.74, 6) is 0. The first-order valence-corrected chi connectivity index (χ1v) is 8.06. The molecule has 0 amide bonds. The second kappa shape index (κ2) is 6.37. The molecule has 4 rings (SSSR count). The van der Waals surface area contributed by atoms with E-state index >= 15 is 0 Å². The molecular formula is C21H20N2. The van der Waals surface area contributed by atoms with Crippen LogP contribution in [0.3, 0.4) is 0 Å². The Bertz CT molecular complexity index is 768. The van der Waals surface area contributed by atoms with Gasteiger partial charge < -0.3 is 0 Å². The summed E-state index contributed by atoms with van der Waals surface area (Å²) >= 11 is 0. The summed E-state index contributed by atoms with van der Waals surface area (Å²) in [7, 11) is 0. The Balaban J connectivity index is 1.41. The lowest BCUT2D eigenvalue weighted by atomic mass is 10.0. The Labute approximate surface area is 137 Å². The predicted molar refractivity (Wildman–Crippen MR) is 94.3 cm³/mol. The molecule has 1 aliphatic heterocycles. The Kier molecular flexibility index (Phi) is 3.93. The molecule has 3 aromatic rings. The lowest BCUT2D eigenvalue weighted by Gasteiger charge is -2.08. The van der Waals surface area contributed by atoms with Crippen molar-refractivity contribution >= 4 is 0 Å². The standard InChI is InChI=1S/C21H20N2/c1-3-8-18(9-4-1)15-22-17-23(22)16-19-10-7-13-21(14-19)20-11-5-2-6-12-20/h1-14H,15-17H2. The van der Waals surface area contributed by atoms with Crippen LogP contribution in [0.4, 0.5) is 0 Å². The summed E-state index contributed by atoms with van der Waals surface area (Å²) in [5.41, 5.74) is 5.30. The van der Waals surface area contributed by atoms with Gasteiger partial charge in [0.2, 0.25) is 0 Å². The molecule has 0 N–H and O–H groups in total. The molecule has 1 aliphatic rings. The van der Waals surface area contributed by atoms with E-state index in [2.05, 4.69) is 94.9 Å². The summed E-state index contributed by atoms with van der Waals surface area (Å²) in [6.45, 7) is 3.02. The number of rotatable bonds is 5. The molecule has 0 saturated carbocycles. The summed E-state index contributed by atoms with van der Waals surface area (Å²) < 4.78 is 0. The van der Waals surface area contributed by atoms with E-state index < -0.39 is 0 Å². The van der Waals surface area contributed by atoms with Crippen molar-refractivity contribution in [2.24, 2.45) is 0 Å². The minimum absolute atomic E-state index is 0.980. The number of nitrogens with zero attached hydrogens (tertiary/aromatic N) is 2. The van der Waals surface area contributed by atoms with Gasteiger partial charge in [0.05, 0.1) is 6.67 Å². The van der Waals surface area contributed by atoms with Crippen molar-refractivity contribution in [3.63, 3.8) is 0 Å². The van der Waals surface area contributed by atoms with Crippen LogP contribution in [-0.4, -0.2) is 16.7 Å². The van der Waals surface area contributed by atoms with Crippen molar-refractivity contribution in [2.75, 3.05) is 6.67 Å². The fourth-order valence-electron chi connectivity index (χ4n) is 2.94. The van der Waals surface area contributed by atoms with Crippen LogP contribution in [0.1, 0.15) is 11.1 Å². The van der Waals surface area contributed by atoms with Gasteiger partial charge in [-0.15, -0.1) is 0 Å². The van der Waals surface area contributed by atoms with Crippen molar-refractivity contribution in [2.45, 2.75) is 13.1 Å². The molecule has 114 valence electrons. The van der Waals surface area contributed by atoms with E-state index in [1.54, 1.807) is 0 Å². The Morgan fingerprint density at radius 1 is 0.565 bits per heavy atom. The average Bonchev–Trinajstić information content (AvgIpc) is 3.34. The summed E-state index contributed by atoms with van der Waals surface area (Å²) in [5, 5.41) is 4.77. The van der Waals surface area contributed by atoms with Crippen molar-refractivity contribution in [3.05, 3.63) is 96.1 Å². The van der Waals surface area contributed by atoms with Crippen molar-refractivity contribution in [1.29, 1.82) is 0 Å². The van der Waals surface area contributed by atoms with Crippen LogP contribution in [0.25, 0.3) is 11.1 Å². The zero-order chi connectivity index (χ0) is 15.5. The van der Waals surface area contributed by atoms with Gasteiger partial charge >= 0.3 is 0 Å². The molecule has 2 unspecified atom stereocenters. The third-order valence-corrected chi connectivity index (χ3v) is 4.25. The minimum Gasteiger partial charge on any atom is -0.220 e. The molecule has 0 aliphatic carbocycles. The second-order valence-corrected chi connectivity index (χ2v) is 6.02. The first-order valence-electron chi connectivity index (χ1n) is 8.06. The molecule has 0 aromatic heterocycles. The van der Waals surface area contributed by atoms with Gasteiger partial charge in [-0.25, -0.2) is 10.0 Å². The fraction of sp³-hybridized carbons (Fsp3) is 0.143. The number of hydrogen-bond donors (Lipinski definition) is 0. The van der Waals surface area contributed by atoms with Crippen LogP contribution in [0, 0.1) is 0 Å². The van der Waals surface area contributed by atoms with Crippen molar-refractivity contribution in [3.8, 4) is 11.1 Å². The first-order chi connectivity index (χ1) is 11.4. The maximum absolute atomic E-state index is 2.39. The van der Waals surface area contributed by atoms with E-state index in [9.17, 15) is 0 Å². The molecule has 2 atom stereocenters. The molecule has 1 fully saturated rings. The highest BCUT2D eigenvalue weighted by atomic mass is 15.8. The van der Waals surface area contributed by atoms with E-state index in [1.165, 1.54) is 22.3 Å². The quantitative estimate of drug-likeness (QED) is 0.638. The van der Waals surface area contributed by atoms with Gasteiger partial charge in [0.25, 0.3) is 0 Å². The number of hydrazine groups is 1. The molecule has 0 radical (unpaired) electrons. The predicted octanol–water partition coefficient (Wildman–Crippen LogP) is 4.54.